The molecule has 0 aliphatic carbocycles. The Bertz CT molecular complexity index is 956. The average Bonchev–Trinajstić information content (AvgIpc) is 2.58. The highest BCUT2D eigenvalue weighted by Crippen LogP contribution is 2.52. The molecule has 2 aliphatic heterocycles. The van der Waals surface area contributed by atoms with Gasteiger partial charge in [0.1, 0.15) is 23.2 Å². The molecule has 146 valence electrons. The molecular weight excluding hydrogens is 344 g/mol. The lowest BCUT2D eigenvalue weighted by Gasteiger charge is -2.39. The molecule has 1 aromatic heterocycles. The number of ether oxygens (including phenoxy) is 2. The van der Waals surface area contributed by atoms with E-state index in [-0.39, 0.29) is 17.6 Å². The van der Waals surface area contributed by atoms with E-state index in [0.717, 1.165) is 47.9 Å². The maximum Gasteiger partial charge on any atom is 0.336 e. The molecule has 5 nitrogen and oxygen atoms in total. The van der Waals surface area contributed by atoms with Crippen LogP contribution in [-0.4, -0.2) is 16.8 Å². The van der Waals surface area contributed by atoms with Gasteiger partial charge in [0.15, 0.2) is 5.58 Å². The van der Waals surface area contributed by atoms with E-state index < -0.39 is 11.7 Å². The number of benzene rings is 1. The highest BCUT2D eigenvalue weighted by atomic mass is 16.5. The lowest BCUT2D eigenvalue weighted by atomic mass is 9.83. The third-order valence-electron chi connectivity index (χ3n) is 6.02. The molecule has 0 spiro atoms. The highest BCUT2D eigenvalue weighted by Gasteiger charge is 2.41. The fraction of sp³-hybridized carbons (Fsp3) is 0.591. The third-order valence-corrected chi connectivity index (χ3v) is 6.02. The topological polar surface area (TPSA) is 68.9 Å². The SMILES string of the molecule is CCCc1cc(=O)oc2c3c(c4c(c12)OC(C)(C)CC4)OC(C)[C@H](C)[C@@H]3O. The summed E-state index contributed by atoms with van der Waals surface area (Å²) in [5, 5.41) is 11.9. The van der Waals surface area contributed by atoms with Crippen molar-refractivity contribution in [1.82, 2.24) is 0 Å². The third kappa shape index (κ3) is 2.83. The monoisotopic (exact) mass is 372 g/mol. The molecule has 3 atom stereocenters. The van der Waals surface area contributed by atoms with Gasteiger partial charge in [-0.05, 0) is 45.6 Å². The van der Waals surface area contributed by atoms with Crippen molar-refractivity contribution in [2.75, 3.05) is 0 Å². The Balaban J connectivity index is 2.14. The number of aliphatic hydroxyl groups is 1. The Morgan fingerprint density at radius 1 is 1.26 bits per heavy atom. The Morgan fingerprint density at radius 3 is 2.70 bits per heavy atom. The molecule has 1 aromatic carbocycles. The molecule has 5 heteroatoms. The molecular formula is C22H28O5. The van der Waals surface area contributed by atoms with Crippen LogP contribution in [0.25, 0.3) is 11.0 Å². The van der Waals surface area contributed by atoms with Gasteiger partial charge in [0.2, 0.25) is 0 Å². The summed E-state index contributed by atoms with van der Waals surface area (Å²) in [7, 11) is 0. The second kappa shape index (κ2) is 6.26. The van der Waals surface area contributed by atoms with Gasteiger partial charge in [-0.3, -0.25) is 0 Å². The van der Waals surface area contributed by atoms with Crippen LogP contribution in [0.15, 0.2) is 15.3 Å². The summed E-state index contributed by atoms with van der Waals surface area (Å²) >= 11 is 0. The van der Waals surface area contributed by atoms with Gasteiger partial charge in [-0.1, -0.05) is 20.3 Å². The van der Waals surface area contributed by atoms with Gasteiger partial charge < -0.3 is 19.0 Å². The number of hydrogen-bond donors (Lipinski definition) is 1. The largest absolute Gasteiger partial charge is 0.489 e. The molecule has 3 heterocycles. The van der Waals surface area contributed by atoms with E-state index in [1.165, 1.54) is 0 Å². The van der Waals surface area contributed by atoms with Gasteiger partial charge in [-0.15, -0.1) is 0 Å². The van der Waals surface area contributed by atoms with Gasteiger partial charge in [0, 0.05) is 17.5 Å². The van der Waals surface area contributed by atoms with E-state index in [4.69, 9.17) is 13.9 Å². The molecule has 1 N–H and O–H groups in total. The summed E-state index contributed by atoms with van der Waals surface area (Å²) in [6.07, 6.45) is 2.45. The molecule has 4 rings (SSSR count). The van der Waals surface area contributed by atoms with E-state index in [9.17, 15) is 9.90 Å². The van der Waals surface area contributed by atoms with Gasteiger partial charge in [0.25, 0.3) is 0 Å². The fourth-order valence-electron chi connectivity index (χ4n) is 4.28. The predicted octanol–water partition coefficient (Wildman–Crippen LogP) is 4.30. The maximum atomic E-state index is 12.3. The molecule has 0 saturated carbocycles. The molecule has 0 saturated heterocycles. The van der Waals surface area contributed by atoms with Crippen LogP contribution in [0, 0.1) is 5.92 Å². The van der Waals surface area contributed by atoms with Crippen LogP contribution in [-0.2, 0) is 12.8 Å². The van der Waals surface area contributed by atoms with Crippen molar-refractivity contribution in [2.24, 2.45) is 5.92 Å². The van der Waals surface area contributed by atoms with E-state index in [0.29, 0.717) is 16.9 Å². The first-order valence-corrected chi connectivity index (χ1v) is 9.92. The van der Waals surface area contributed by atoms with Crippen molar-refractivity contribution in [1.29, 1.82) is 0 Å². The normalized spacial score (nSPS) is 26.1. The summed E-state index contributed by atoms with van der Waals surface area (Å²) in [6.45, 7) is 10.1. The lowest BCUT2D eigenvalue weighted by Crippen LogP contribution is -2.36. The van der Waals surface area contributed by atoms with Crippen molar-refractivity contribution in [3.8, 4) is 11.5 Å². The number of aliphatic hydroxyl groups excluding tert-OH is 1. The molecule has 2 aromatic rings. The molecule has 27 heavy (non-hydrogen) atoms. The molecule has 0 amide bonds. The second-order valence-corrected chi connectivity index (χ2v) is 8.58. The van der Waals surface area contributed by atoms with Crippen molar-refractivity contribution in [3.63, 3.8) is 0 Å². The lowest BCUT2D eigenvalue weighted by molar-refractivity contribution is 0.0151. The number of fused-ring (bicyclic) bond motifs is 6. The molecule has 0 radical (unpaired) electrons. The Labute approximate surface area is 159 Å². The number of aryl methyl sites for hydroxylation is 1. The summed E-state index contributed by atoms with van der Waals surface area (Å²) in [5.41, 5.74) is 2.22. The molecule has 0 bridgehead atoms. The van der Waals surface area contributed by atoms with Crippen molar-refractivity contribution in [3.05, 3.63) is 33.2 Å². The number of hydrogen-bond acceptors (Lipinski definition) is 5. The second-order valence-electron chi connectivity index (χ2n) is 8.58. The molecule has 1 unspecified atom stereocenters. The van der Waals surface area contributed by atoms with E-state index >= 15 is 0 Å². The fourth-order valence-corrected chi connectivity index (χ4v) is 4.28. The number of rotatable bonds is 2. The Morgan fingerprint density at radius 2 is 2.00 bits per heavy atom. The summed E-state index contributed by atoms with van der Waals surface area (Å²) in [6, 6.07) is 1.56. The Hall–Kier alpha value is -2.01. The van der Waals surface area contributed by atoms with Crippen LogP contribution in [0.2, 0.25) is 0 Å². The average molecular weight is 372 g/mol. The quantitative estimate of drug-likeness (QED) is 0.796. The van der Waals surface area contributed by atoms with E-state index in [1.807, 2.05) is 13.8 Å². The first kappa shape index (κ1) is 18.4. The van der Waals surface area contributed by atoms with Crippen LogP contribution >= 0.6 is 0 Å². The van der Waals surface area contributed by atoms with E-state index in [2.05, 4.69) is 20.8 Å². The Kier molecular flexibility index (Phi) is 4.26. The zero-order valence-corrected chi connectivity index (χ0v) is 16.7. The first-order chi connectivity index (χ1) is 12.7. The summed E-state index contributed by atoms with van der Waals surface area (Å²) < 4.78 is 18.3. The van der Waals surface area contributed by atoms with Crippen LogP contribution in [0.1, 0.15) is 70.3 Å². The van der Waals surface area contributed by atoms with Gasteiger partial charge in [0.05, 0.1) is 17.1 Å². The zero-order valence-electron chi connectivity index (χ0n) is 16.7. The predicted molar refractivity (Wildman–Crippen MR) is 104 cm³/mol. The maximum absolute atomic E-state index is 12.3. The van der Waals surface area contributed by atoms with Crippen LogP contribution in [0.4, 0.5) is 0 Å². The molecule has 0 fully saturated rings. The van der Waals surface area contributed by atoms with Crippen molar-refractivity contribution >= 4 is 11.0 Å². The van der Waals surface area contributed by atoms with Gasteiger partial charge >= 0.3 is 5.63 Å². The first-order valence-electron chi connectivity index (χ1n) is 9.92. The standard InChI is InChI=1S/C22H28O5/c1-6-7-13-10-15(23)26-21-16(13)20-14(8-9-22(4,5)27-20)19-17(21)18(24)11(2)12(3)25-19/h10-12,18,24H,6-9H2,1-5H3/t11-,12?,18-/m0/s1. The van der Waals surface area contributed by atoms with Crippen LogP contribution in [0.3, 0.4) is 0 Å². The minimum atomic E-state index is -0.744. The summed E-state index contributed by atoms with van der Waals surface area (Å²) in [5.74, 6) is 1.30. The van der Waals surface area contributed by atoms with Crippen molar-refractivity contribution in [2.45, 2.75) is 78.1 Å². The summed E-state index contributed by atoms with van der Waals surface area (Å²) in [4.78, 5) is 12.3. The van der Waals surface area contributed by atoms with Crippen LogP contribution < -0.4 is 15.1 Å². The van der Waals surface area contributed by atoms with E-state index in [1.54, 1.807) is 6.07 Å². The smallest absolute Gasteiger partial charge is 0.336 e. The van der Waals surface area contributed by atoms with Crippen LogP contribution in [0.5, 0.6) is 11.5 Å². The highest BCUT2D eigenvalue weighted by molar-refractivity contribution is 5.94. The van der Waals surface area contributed by atoms with Gasteiger partial charge in [-0.2, -0.15) is 0 Å². The molecule has 2 aliphatic rings. The van der Waals surface area contributed by atoms with Gasteiger partial charge in [-0.25, -0.2) is 4.79 Å². The minimum absolute atomic E-state index is 0.0974. The van der Waals surface area contributed by atoms with Crippen molar-refractivity contribution < 1.29 is 19.0 Å². The minimum Gasteiger partial charge on any atom is -0.489 e. The zero-order chi connectivity index (χ0) is 19.5.